The molecule has 0 atom stereocenters. The second-order valence-corrected chi connectivity index (χ2v) is 11.4. The summed E-state index contributed by atoms with van der Waals surface area (Å²) < 4.78 is 49.3. The maximum atomic E-state index is 12.0. The molecule has 33 heavy (non-hydrogen) atoms. The van der Waals surface area contributed by atoms with Crippen molar-refractivity contribution in [2.75, 3.05) is 10.6 Å². The van der Waals surface area contributed by atoms with Crippen LogP contribution in [0.25, 0.3) is 0 Å². The lowest BCUT2D eigenvalue weighted by Crippen LogP contribution is -2.26. The van der Waals surface area contributed by atoms with Crippen molar-refractivity contribution in [1.82, 2.24) is 14.7 Å². The summed E-state index contributed by atoms with van der Waals surface area (Å²) in [7, 11) is -6.97. The van der Waals surface area contributed by atoms with Gasteiger partial charge in [-0.25, -0.2) is 31.7 Å². The first-order chi connectivity index (χ1) is 15.6. The molecule has 0 aliphatic heterocycles. The second kappa shape index (κ2) is 9.06. The van der Waals surface area contributed by atoms with Crippen molar-refractivity contribution in [2.24, 2.45) is 5.14 Å². The van der Waals surface area contributed by atoms with E-state index in [-0.39, 0.29) is 16.7 Å². The normalized spacial score (nSPS) is 14.1. The molecule has 5 N–H and O–H groups in total. The molecule has 1 aliphatic rings. The monoisotopic (exact) mass is 488 g/mol. The van der Waals surface area contributed by atoms with Crippen LogP contribution in [-0.2, 0) is 26.6 Å². The number of aryl methyl sites for hydroxylation is 1. The van der Waals surface area contributed by atoms with Gasteiger partial charge in [0.15, 0.2) is 0 Å². The van der Waals surface area contributed by atoms with E-state index in [0.717, 1.165) is 29.7 Å². The van der Waals surface area contributed by atoms with Gasteiger partial charge in [-0.3, -0.25) is 0 Å². The molecule has 0 spiro atoms. The van der Waals surface area contributed by atoms with Gasteiger partial charge >= 0.3 is 0 Å². The van der Waals surface area contributed by atoms with Gasteiger partial charge in [-0.2, -0.15) is 4.98 Å². The SMILES string of the molecule is Cc1cnc(Nc2ccc(S(N)(=O)=O)cc2)nc1Nc1ccc(CNS(=O)(=O)C2CC2)cc1. The maximum Gasteiger partial charge on any atom is 0.238 e. The number of hydrogen-bond acceptors (Lipinski definition) is 8. The zero-order valence-electron chi connectivity index (χ0n) is 17.8. The van der Waals surface area contributed by atoms with Crippen molar-refractivity contribution in [1.29, 1.82) is 0 Å². The number of nitrogens with one attached hydrogen (secondary N) is 3. The average Bonchev–Trinajstić information content (AvgIpc) is 3.62. The van der Waals surface area contributed by atoms with Gasteiger partial charge in [0.25, 0.3) is 0 Å². The van der Waals surface area contributed by atoms with Gasteiger partial charge < -0.3 is 10.6 Å². The molecule has 1 aliphatic carbocycles. The molecule has 1 saturated carbocycles. The maximum absolute atomic E-state index is 12.0. The molecule has 0 amide bonds. The van der Waals surface area contributed by atoms with Gasteiger partial charge in [0.1, 0.15) is 5.82 Å². The van der Waals surface area contributed by atoms with Crippen LogP contribution in [0.2, 0.25) is 0 Å². The molecular formula is C21H24N6O4S2. The number of benzene rings is 2. The van der Waals surface area contributed by atoms with Crippen molar-refractivity contribution >= 4 is 43.2 Å². The van der Waals surface area contributed by atoms with Crippen molar-refractivity contribution in [3.63, 3.8) is 0 Å². The average molecular weight is 489 g/mol. The molecule has 2 aromatic carbocycles. The van der Waals surface area contributed by atoms with E-state index in [4.69, 9.17) is 5.14 Å². The van der Waals surface area contributed by atoms with Gasteiger partial charge in [-0.1, -0.05) is 12.1 Å². The Hall–Kier alpha value is -3.06. The first-order valence-electron chi connectivity index (χ1n) is 10.2. The first kappa shape index (κ1) is 23.1. The highest BCUT2D eigenvalue weighted by molar-refractivity contribution is 7.90. The minimum atomic E-state index is -3.76. The molecule has 4 rings (SSSR count). The van der Waals surface area contributed by atoms with Crippen LogP contribution in [-0.4, -0.2) is 32.1 Å². The molecule has 12 heteroatoms. The lowest BCUT2D eigenvalue weighted by molar-refractivity contribution is 0.580. The minimum Gasteiger partial charge on any atom is -0.340 e. The van der Waals surface area contributed by atoms with Crippen LogP contribution in [0.4, 0.5) is 23.1 Å². The number of anilines is 4. The number of nitrogens with zero attached hydrogens (tertiary/aromatic N) is 2. The van der Waals surface area contributed by atoms with Crippen LogP contribution in [0.1, 0.15) is 24.0 Å². The molecule has 0 unspecified atom stereocenters. The number of rotatable bonds is 9. The summed E-state index contributed by atoms with van der Waals surface area (Å²) in [5, 5.41) is 11.1. The molecule has 0 bridgehead atoms. The quantitative estimate of drug-likeness (QED) is 0.358. The Morgan fingerprint density at radius 1 is 0.939 bits per heavy atom. The summed E-state index contributed by atoms with van der Waals surface area (Å²) in [6.45, 7) is 2.12. The lowest BCUT2D eigenvalue weighted by atomic mass is 10.2. The largest absolute Gasteiger partial charge is 0.340 e. The molecule has 10 nitrogen and oxygen atoms in total. The van der Waals surface area contributed by atoms with Crippen LogP contribution < -0.4 is 20.5 Å². The molecule has 1 aromatic heterocycles. The number of aromatic nitrogens is 2. The Bertz CT molecular complexity index is 1350. The van der Waals surface area contributed by atoms with Gasteiger partial charge in [0, 0.05) is 29.7 Å². The van der Waals surface area contributed by atoms with E-state index in [2.05, 4.69) is 25.3 Å². The van der Waals surface area contributed by atoms with E-state index in [1.54, 1.807) is 18.3 Å². The van der Waals surface area contributed by atoms with E-state index in [9.17, 15) is 16.8 Å². The van der Waals surface area contributed by atoms with E-state index in [0.29, 0.717) is 17.5 Å². The third-order valence-corrected chi connectivity index (χ3v) is 7.89. The first-order valence-corrected chi connectivity index (χ1v) is 13.3. The van der Waals surface area contributed by atoms with E-state index >= 15 is 0 Å². The Morgan fingerprint density at radius 2 is 1.55 bits per heavy atom. The molecular weight excluding hydrogens is 464 g/mol. The Kier molecular flexibility index (Phi) is 6.34. The lowest BCUT2D eigenvalue weighted by Gasteiger charge is -2.12. The molecule has 1 fully saturated rings. The smallest absolute Gasteiger partial charge is 0.238 e. The van der Waals surface area contributed by atoms with Gasteiger partial charge in [-0.15, -0.1) is 0 Å². The third kappa shape index (κ3) is 6.05. The summed E-state index contributed by atoms with van der Waals surface area (Å²) in [6.07, 6.45) is 3.12. The van der Waals surface area contributed by atoms with Gasteiger partial charge in [0.05, 0.1) is 10.1 Å². The Labute approximate surface area is 192 Å². The molecule has 174 valence electrons. The minimum absolute atomic E-state index is 0.0176. The van der Waals surface area contributed by atoms with Crippen LogP contribution in [0.15, 0.2) is 59.6 Å². The topological polar surface area (TPSA) is 156 Å². The standard InChI is InChI=1S/C21H24N6O4S2/c1-14-12-23-21(26-17-6-8-18(9-7-17)32(22,28)29)27-20(14)25-16-4-2-15(3-5-16)13-24-33(30,31)19-10-11-19/h2-9,12,19,24H,10-11,13H2,1H3,(H2,22,28,29)(H2,23,25,26,27). The fourth-order valence-corrected chi connectivity index (χ4v) is 4.88. The molecule has 3 aromatic rings. The number of primary sulfonamides is 1. The van der Waals surface area contributed by atoms with Crippen molar-refractivity contribution < 1.29 is 16.8 Å². The Balaban J connectivity index is 1.41. The summed E-state index contributed by atoms with van der Waals surface area (Å²) in [6, 6.07) is 13.3. The summed E-state index contributed by atoms with van der Waals surface area (Å²) in [5.41, 5.74) is 3.07. The Morgan fingerprint density at radius 3 is 2.15 bits per heavy atom. The zero-order valence-corrected chi connectivity index (χ0v) is 19.4. The van der Waals surface area contributed by atoms with Gasteiger partial charge in [0.2, 0.25) is 26.0 Å². The fraction of sp³-hybridized carbons (Fsp3) is 0.238. The van der Waals surface area contributed by atoms with Crippen molar-refractivity contribution in [3.05, 3.63) is 65.9 Å². The van der Waals surface area contributed by atoms with E-state index in [1.807, 2.05) is 31.2 Å². The third-order valence-electron chi connectivity index (χ3n) is 5.07. The van der Waals surface area contributed by atoms with E-state index < -0.39 is 20.0 Å². The van der Waals surface area contributed by atoms with Crippen LogP contribution in [0.3, 0.4) is 0 Å². The van der Waals surface area contributed by atoms with E-state index in [1.165, 1.54) is 12.1 Å². The summed E-state index contributed by atoms with van der Waals surface area (Å²) in [4.78, 5) is 8.76. The number of nitrogens with two attached hydrogens (primary N) is 1. The number of sulfonamides is 2. The van der Waals surface area contributed by atoms with Crippen LogP contribution >= 0.6 is 0 Å². The van der Waals surface area contributed by atoms with Crippen molar-refractivity contribution in [2.45, 2.75) is 36.5 Å². The van der Waals surface area contributed by atoms with Gasteiger partial charge in [-0.05, 0) is 61.7 Å². The molecule has 1 heterocycles. The molecule has 0 saturated heterocycles. The van der Waals surface area contributed by atoms with Crippen molar-refractivity contribution in [3.8, 4) is 0 Å². The zero-order chi connectivity index (χ0) is 23.6. The summed E-state index contributed by atoms with van der Waals surface area (Å²) >= 11 is 0. The summed E-state index contributed by atoms with van der Waals surface area (Å²) in [5.74, 6) is 0.924. The second-order valence-electron chi connectivity index (χ2n) is 7.81. The number of hydrogen-bond donors (Lipinski definition) is 4. The molecule has 0 radical (unpaired) electrons. The highest BCUT2D eigenvalue weighted by atomic mass is 32.2. The fourth-order valence-electron chi connectivity index (χ4n) is 3.01. The highest BCUT2D eigenvalue weighted by Crippen LogP contribution is 2.27. The predicted octanol–water partition coefficient (Wildman–Crippen LogP) is 2.50. The van der Waals surface area contributed by atoms with Crippen LogP contribution in [0.5, 0.6) is 0 Å². The highest BCUT2D eigenvalue weighted by Gasteiger charge is 2.35. The predicted molar refractivity (Wildman–Crippen MR) is 126 cm³/mol. The van der Waals surface area contributed by atoms with Crippen LogP contribution in [0, 0.1) is 6.92 Å².